The standard InChI is InChI=1S/C6H10N4/c1-3-5-7-6(4-2)9-10-8-5/h3-4H2,1-2H3. The maximum atomic E-state index is 4.12. The van der Waals surface area contributed by atoms with Gasteiger partial charge in [0.05, 0.1) is 0 Å². The van der Waals surface area contributed by atoms with Crippen LogP contribution in [0.5, 0.6) is 0 Å². The van der Waals surface area contributed by atoms with Crippen molar-refractivity contribution in [3.8, 4) is 0 Å². The summed E-state index contributed by atoms with van der Waals surface area (Å²) in [7, 11) is 0. The second-order valence-electron chi connectivity index (χ2n) is 1.94. The molecule has 0 aliphatic rings. The van der Waals surface area contributed by atoms with E-state index >= 15 is 0 Å². The number of rotatable bonds is 2. The minimum Gasteiger partial charge on any atom is -0.214 e. The molecule has 0 bridgehead atoms. The minimum absolute atomic E-state index is 0.770. The van der Waals surface area contributed by atoms with Gasteiger partial charge in [-0.15, -0.1) is 10.2 Å². The highest BCUT2D eigenvalue weighted by molar-refractivity contribution is 4.85. The van der Waals surface area contributed by atoms with Crippen LogP contribution in [-0.4, -0.2) is 20.4 Å². The highest BCUT2D eigenvalue weighted by Gasteiger charge is 1.95. The molecule has 1 aromatic heterocycles. The second-order valence-corrected chi connectivity index (χ2v) is 1.94. The van der Waals surface area contributed by atoms with Crippen LogP contribution >= 0.6 is 0 Å². The molecule has 0 aromatic carbocycles. The first-order valence-corrected chi connectivity index (χ1v) is 3.42. The third-order valence-electron chi connectivity index (χ3n) is 1.21. The van der Waals surface area contributed by atoms with Gasteiger partial charge in [-0.2, -0.15) is 0 Å². The van der Waals surface area contributed by atoms with Crippen LogP contribution in [0.3, 0.4) is 0 Å². The Morgan fingerprint density at radius 2 is 1.50 bits per heavy atom. The SMILES string of the molecule is CCc1nnnc(CC)n1. The van der Waals surface area contributed by atoms with E-state index in [0.29, 0.717) is 0 Å². The van der Waals surface area contributed by atoms with Gasteiger partial charge in [0, 0.05) is 12.8 Å². The van der Waals surface area contributed by atoms with Crippen LogP contribution in [-0.2, 0) is 12.8 Å². The van der Waals surface area contributed by atoms with E-state index in [0.717, 1.165) is 24.5 Å². The van der Waals surface area contributed by atoms with E-state index in [2.05, 4.69) is 20.4 Å². The third-order valence-corrected chi connectivity index (χ3v) is 1.21. The Morgan fingerprint density at radius 1 is 1.00 bits per heavy atom. The van der Waals surface area contributed by atoms with Crippen LogP contribution in [0.1, 0.15) is 25.5 Å². The molecule has 0 amide bonds. The molecule has 0 unspecified atom stereocenters. The average molecular weight is 138 g/mol. The predicted octanol–water partition coefficient (Wildman–Crippen LogP) is 0.391. The molecule has 0 fully saturated rings. The quantitative estimate of drug-likeness (QED) is 0.593. The maximum absolute atomic E-state index is 4.12. The Morgan fingerprint density at radius 3 is 1.90 bits per heavy atom. The van der Waals surface area contributed by atoms with Crippen LogP contribution in [0.15, 0.2) is 0 Å². The number of aryl methyl sites for hydroxylation is 2. The van der Waals surface area contributed by atoms with Crippen molar-refractivity contribution >= 4 is 0 Å². The van der Waals surface area contributed by atoms with E-state index in [1.807, 2.05) is 13.8 Å². The molecule has 0 saturated carbocycles. The summed E-state index contributed by atoms with van der Waals surface area (Å²) in [5, 5.41) is 11.0. The lowest BCUT2D eigenvalue weighted by Gasteiger charge is -1.93. The van der Waals surface area contributed by atoms with E-state index in [-0.39, 0.29) is 0 Å². The van der Waals surface area contributed by atoms with E-state index in [4.69, 9.17) is 0 Å². The first-order chi connectivity index (χ1) is 4.86. The summed E-state index contributed by atoms with van der Waals surface area (Å²) in [6.07, 6.45) is 1.64. The first-order valence-electron chi connectivity index (χ1n) is 3.42. The van der Waals surface area contributed by atoms with E-state index < -0.39 is 0 Å². The molecule has 0 N–H and O–H groups in total. The summed E-state index contributed by atoms with van der Waals surface area (Å²) in [6.45, 7) is 3.99. The predicted molar refractivity (Wildman–Crippen MR) is 36.4 cm³/mol. The van der Waals surface area contributed by atoms with E-state index in [1.54, 1.807) is 0 Å². The monoisotopic (exact) mass is 138 g/mol. The van der Waals surface area contributed by atoms with Gasteiger partial charge in [0.1, 0.15) is 0 Å². The molecule has 0 radical (unpaired) electrons. The molecule has 0 aliphatic carbocycles. The lowest BCUT2D eigenvalue weighted by atomic mass is 10.4. The van der Waals surface area contributed by atoms with Crippen LogP contribution in [0.25, 0.3) is 0 Å². The van der Waals surface area contributed by atoms with E-state index in [1.165, 1.54) is 0 Å². The van der Waals surface area contributed by atoms with Crippen LogP contribution in [0.2, 0.25) is 0 Å². The van der Waals surface area contributed by atoms with E-state index in [9.17, 15) is 0 Å². The Kier molecular flexibility index (Phi) is 2.25. The summed E-state index contributed by atoms with van der Waals surface area (Å²) >= 11 is 0. The van der Waals surface area contributed by atoms with Crippen LogP contribution in [0, 0.1) is 0 Å². The maximum Gasteiger partial charge on any atom is 0.154 e. The van der Waals surface area contributed by atoms with Crippen molar-refractivity contribution < 1.29 is 0 Å². The smallest absolute Gasteiger partial charge is 0.154 e. The van der Waals surface area contributed by atoms with Crippen molar-refractivity contribution in [1.82, 2.24) is 20.4 Å². The number of nitrogens with zero attached hydrogens (tertiary/aromatic N) is 4. The highest BCUT2D eigenvalue weighted by atomic mass is 15.3. The molecule has 4 nitrogen and oxygen atoms in total. The molecule has 0 aliphatic heterocycles. The molecule has 0 saturated heterocycles. The first kappa shape index (κ1) is 7.05. The molecule has 0 atom stereocenters. The fourth-order valence-electron chi connectivity index (χ4n) is 0.619. The zero-order valence-electron chi connectivity index (χ0n) is 6.20. The molecule has 0 spiro atoms. The zero-order valence-corrected chi connectivity index (χ0v) is 6.20. The van der Waals surface area contributed by atoms with Crippen molar-refractivity contribution in [2.75, 3.05) is 0 Å². The summed E-state index contributed by atoms with van der Waals surface area (Å²) < 4.78 is 0. The summed E-state index contributed by atoms with van der Waals surface area (Å²) in [6, 6.07) is 0. The minimum atomic E-state index is 0.770. The van der Waals surface area contributed by atoms with Crippen LogP contribution < -0.4 is 0 Å². The summed E-state index contributed by atoms with van der Waals surface area (Å²) in [5.41, 5.74) is 0. The van der Waals surface area contributed by atoms with Gasteiger partial charge in [-0.1, -0.05) is 13.8 Å². The molecule has 1 aromatic rings. The van der Waals surface area contributed by atoms with Gasteiger partial charge in [-0.3, -0.25) is 0 Å². The highest BCUT2D eigenvalue weighted by Crippen LogP contribution is 1.89. The summed E-state index contributed by atoms with van der Waals surface area (Å²) in [5.74, 6) is 1.54. The molecule has 10 heavy (non-hydrogen) atoms. The van der Waals surface area contributed by atoms with Gasteiger partial charge in [0.15, 0.2) is 11.6 Å². The van der Waals surface area contributed by atoms with Crippen molar-refractivity contribution in [2.45, 2.75) is 26.7 Å². The lowest BCUT2D eigenvalue weighted by molar-refractivity contribution is 0.706. The Hall–Kier alpha value is -1.06. The fourth-order valence-corrected chi connectivity index (χ4v) is 0.619. The molecular weight excluding hydrogens is 128 g/mol. The summed E-state index contributed by atoms with van der Waals surface area (Å²) in [4.78, 5) is 4.12. The van der Waals surface area contributed by atoms with Gasteiger partial charge in [-0.05, 0) is 5.21 Å². The molecule has 1 rings (SSSR count). The van der Waals surface area contributed by atoms with Gasteiger partial charge >= 0.3 is 0 Å². The van der Waals surface area contributed by atoms with Gasteiger partial charge in [0.25, 0.3) is 0 Å². The zero-order chi connectivity index (χ0) is 7.40. The molecule has 1 heterocycles. The molecule has 54 valence electrons. The Balaban J connectivity index is 2.87. The van der Waals surface area contributed by atoms with Crippen molar-refractivity contribution in [1.29, 1.82) is 0 Å². The van der Waals surface area contributed by atoms with Gasteiger partial charge in [-0.25, -0.2) is 4.98 Å². The number of hydrogen-bond donors (Lipinski definition) is 0. The topological polar surface area (TPSA) is 51.6 Å². The normalized spacial score (nSPS) is 9.80. The lowest BCUT2D eigenvalue weighted by Crippen LogP contribution is -2.03. The van der Waals surface area contributed by atoms with Gasteiger partial charge in [0.2, 0.25) is 0 Å². The molecule has 4 heteroatoms. The van der Waals surface area contributed by atoms with Crippen LogP contribution in [0.4, 0.5) is 0 Å². The fraction of sp³-hybridized carbons (Fsp3) is 0.667. The van der Waals surface area contributed by atoms with Crippen molar-refractivity contribution in [3.63, 3.8) is 0 Å². The van der Waals surface area contributed by atoms with Gasteiger partial charge < -0.3 is 0 Å². The number of hydrogen-bond acceptors (Lipinski definition) is 4. The Bertz CT molecular complexity index is 191. The Labute approximate surface area is 59.7 Å². The largest absolute Gasteiger partial charge is 0.214 e. The average Bonchev–Trinajstić information content (AvgIpc) is 2.05. The third kappa shape index (κ3) is 1.46. The van der Waals surface area contributed by atoms with Crippen molar-refractivity contribution in [2.24, 2.45) is 0 Å². The van der Waals surface area contributed by atoms with Crippen molar-refractivity contribution in [3.05, 3.63) is 11.6 Å². The molecular formula is C6H10N4. The number of aromatic nitrogens is 4. The second kappa shape index (κ2) is 3.20.